The molecular weight excluding hydrogens is 358 g/mol. The van der Waals surface area contributed by atoms with Crippen LogP contribution in [0.15, 0.2) is 42.5 Å². The summed E-state index contributed by atoms with van der Waals surface area (Å²) in [6.07, 6.45) is 0.512. The van der Waals surface area contributed by atoms with Crippen LogP contribution in [0.2, 0.25) is 4.34 Å². The molecule has 0 radical (unpaired) electrons. The van der Waals surface area contributed by atoms with Crippen molar-refractivity contribution in [3.63, 3.8) is 0 Å². The van der Waals surface area contributed by atoms with E-state index in [1.165, 1.54) is 16.2 Å². The second-order valence-corrected chi connectivity index (χ2v) is 8.09. The minimum Gasteiger partial charge on any atom is -0.319 e. The molecule has 2 aromatic rings. The summed E-state index contributed by atoms with van der Waals surface area (Å²) in [6, 6.07) is 12.9. The van der Waals surface area contributed by atoms with Gasteiger partial charge in [-0.15, -0.1) is 11.3 Å². The molecule has 25 heavy (non-hydrogen) atoms. The number of rotatable bonds is 6. The van der Waals surface area contributed by atoms with Crippen LogP contribution < -0.4 is 10.2 Å². The summed E-state index contributed by atoms with van der Waals surface area (Å²) in [5.74, 6) is -0.185. The maximum atomic E-state index is 13.1. The molecule has 0 saturated carbocycles. The molecule has 7 heteroatoms. The number of carbonyl (C=O) groups is 2. The lowest BCUT2D eigenvalue weighted by atomic mass is 9.87. The van der Waals surface area contributed by atoms with E-state index in [0.29, 0.717) is 19.6 Å². The summed E-state index contributed by atoms with van der Waals surface area (Å²) in [5.41, 5.74) is -0.147. The van der Waals surface area contributed by atoms with E-state index in [1.54, 1.807) is 0 Å². The summed E-state index contributed by atoms with van der Waals surface area (Å²) >= 11 is 7.48. The maximum Gasteiger partial charge on any atom is 0.329 e. The molecule has 1 unspecified atom stereocenters. The quantitative estimate of drug-likeness (QED) is 0.757. The Bertz CT molecular complexity index is 780. The van der Waals surface area contributed by atoms with Gasteiger partial charge in [-0.2, -0.15) is 0 Å². The first-order valence-electron chi connectivity index (χ1n) is 8.21. The Morgan fingerprint density at radius 3 is 2.52 bits per heavy atom. The molecule has 1 fully saturated rings. The first-order valence-corrected chi connectivity index (χ1v) is 9.41. The van der Waals surface area contributed by atoms with Crippen LogP contribution in [-0.2, 0) is 16.9 Å². The fraction of sp³-hybridized carbons (Fsp3) is 0.333. The van der Waals surface area contributed by atoms with Crippen LogP contribution >= 0.6 is 22.9 Å². The predicted octanol–water partition coefficient (Wildman–Crippen LogP) is 2.23. The van der Waals surface area contributed by atoms with E-state index in [1.807, 2.05) is 56.4 Å². The number of benzene rings is 1. The normalized spacial score (nSPS) is 21.5. The average molecular weight is 379 g/mol. The first-order chi connectivity index (χ1) is 12.0. The van der Waals surface area contributed by atoms with Crippen LogP contribution in [0.25, 0.3) is 0 Å². The van der Waals surface area contributed by atoms with Crippen molar-refractivity contribution in [2.45, 2.75) is 25.4 Å². The molecule has 5 nitrogen and oxygen atoms in total. The SMILES string of the molecule is CC[C@@]1(c2ccccc2)NC(=O)N(C[NH+](C)Cc2ccc(Cl)s2)C1=O. The summed E-state index contributed by atoms with van der Waals surface area (Å²) < 4.78 is 0.742. The van der Waals surface area contributed by atoms with E-state index >= 15 is 0 Å². The maximum absolute atomic E-state index is 13.1. The van der Waals surface area contributed by atoms with E-state index in [0.717, 1.165) is 19.7 Å². The molecular formula is C18H21ClN3O2S+. The monoisotopic (exact) mass is 378 g/mol. The topological polar surface area (TPSA) is 53.9 Å². The minimum atomic E-state index is -0.967. The largest absolute Gasteiger partial charge is 0.329 e. The number of thiophene rings is 1. The summed E-state index contributed by atoms with van der Waals surface area (Å²) in [4.78, 5) is 29.0. The molecule has 1 aromatic heterocycles. The number of imide groups is 1. The zero-order chi connectivity index (χ0) is 18.0. The zero-order valence-corrected chi connectivity index (χ0v) is 15.8. The van der Waals surface area contributed by atoms with Crippen LogP contribution in [0.5, 0.6) is 0 Å². The van der Waals surface area contributed by atoms with E-state index in [-0.39, 0.29) is 11.9 Å². The predicted molar refractivity (Wildman–Crippen MR) is 98.6 cm³/mol. The second-order valence-electron chi connectivity index (χ2n) is 6.29. The Balaban J connectivity index is 1.76. The third-order valence-corrected chi connectivity index (χ3v) is 5.74. The van der Waals surface area contributed by atoms with Gasteiger partial charge in [0.05, 0.1) is 16.3 Å². The number of hydrogen-bond donors (Lipinski definition) is 2. The molecule has 2 N–H and O–H groups in total. The molecule has 2 atom stereocenters. The highest BCUT2D eigenvalue weighted by atomic mass is 35.5. The van der Waals surface area contributed by atoms with Crippen LogP contribution in [0.3, 0.4) is 0 Å². The van der Waals surface area contributed by atoms with Crippen LogP contribution in [0.4, 0.5) is 4.79 Å². The van der Waals surface area contributed by atoms with Gasteiger partial charge in [-0.25, -0.2) is 9.69 Å². The molecule has 3 rings (SSSR count). The van der Waals surface area contributed by atoms with Crippen LogP contribution in [0.1, 0.15) is 23.8 Å². The van der Waals surface area contributed by atoms with Gasteiger partial charge < -0.3 is 10.2 Å². The summed E-state index contributed by atoms with van der Waals surface area (Å²) in [7, 11) is 1.96. The van der Waals surface area contributed by atoms with Gasteiger partial charge in [0.25, 0.3) is 5.91 Å². The Labute approximate surface area is 156 Å². The zero-order valence-electron chi connectivity index (χ0n) is 14.2. The molecule has 0 aliphatic carbocycles. The third kappa shape index (κ3) is 3.42. The van der Waals surface area contributed by atoms with Gasteiger partial charge >= 0.3 is 6.03 Å². The highest BCUT2D eigenvalue weighted by Gasteiger charge is 2.52. The lowest BCUT2D eigenvalue weighted by molar-refractivity contribution is -0.900. The first kappa shape index (κ1) is 17.9. The molecule has 1 aliphatic heterocycles. The number of nitrogens with one attached hydrogen (secondary N) is 2. The van der Waals surface area contributed by atoms with Crippen LogP contribution in [-0.4, -0.2) is 30.6 Å². The second kappa shape index (κ2) is 7.15. The number of urea groups is 1. The van der Waals surface area contributed by atoms with Gasteiger partial charge in [0.2, 0.25) is 0 Å². The van der Waals surface area contributed by atoms with E-state index in [4.69, 9.17) is 11.6 Å². The molecule has 132 valence electrons. The average Bonchev–Trinajstić information content (AvgIpc) is 3.11. The molecule has 3 amide bonds. The standard InChI is InChI=1S/C18H20ClN3O2S/c1-3-18(13-7-5-4-6-8-13)16(23)22(17(24)20-18)12-21(2)11-14-9-10-15(19)25-14/h4-10H,3,11-12H2,1-2H3,(H,20,24)/p+1/t18-/m0/s1. The molecule has 0 bridgehead atoms. The van der Waals surface area contributed by atoms with Crippen molar-refractivity contribution in [1.29, 1.82) is 0 Å². The smallest absolute Gasteiger partial charge is 0.319 e. The van der Waals surface area contributed by atoms with Crippen molar-refractivity contribution in [2.75, 3.05) is 13.7 Å². The van der Waals surface area contributed by atoms with Gasteiger partial charge in [-0.3, -0.25) is 4.79 Å². The molecule has 0 spiro atoms. The van der Waals surface area contributed by atoms with Gasteiger partial charge in [-0.1, -0.05) is 48.9 Å². The van der Waals surface area contributed by atoms with Crippen molar-refractivity contribution < 1.29 is 14.5 Å². The number of halogens is 1. The third-order valence-electron chi connectivity index (χ3n) is 4.51. The van der Waals surface area contributed by atoms with Crippen molar-refractivity contribution in [3.8, 4) is 0 Å². The van der Waals surface area contributed by atoms with Gasteiger partial charge in [-0.05, 0) is 24.1 Å². The van der Waals surface area contributed by atoms with E-state index < -0.39 is 5.54 Å². The Morgan fingerprint density at radius 1 is 1.20 bits per heavy atom. The number of quaternary nitrogens is 1. The summed E-state index contributed by atoms with van der Waals surface area (Å²) in [6.45, 7) is 2.94. The number of nitrogens with zero attached hydrogens (tertiary/aromatic N) is 1. The number of hydrogen-bond acceptors (Lipinski definition) is 3. The Morgan fingerprint density at radius 2 is 1.92 bits per heavy atom. The molecule has 2 heterocycles. The van der Waals surface area contributed by atoms with Crippen molar-refractivity contribution in [1.82, 2.24) is 10.2 Å². The van der Waals surface area contributed by atoms with Crippen molar-refractivity contribution >= 4 is 34.9 Å². The van der Waals surface area contributed by atoms with Crippen LogP contribution in [0, 0.1) is 0 Å². The van der Waals surface area contributed by atoms with Crippen molar-refractivity contribution in [3.05, 3.63) is 57.2 Å². The highest BCUT2D eigenvalue weighted by molar-refractivity contribution is 7.16. The van der Waals surface area contributed by atoms with Gasteiger partial charge in [0, 0.05) is 0 Å². The van der Waals surface area contributed by atoms with E-state index in [2.05, 4.69) is 5.32 Å². The Kier molecular flexibility index (Phi) is 5.13. The summed E-state index contributed by atoms with van der Waals surface area (Å²) in [5, 5.41) is 2.91. The fourth-order valence-electron chi connectivity index (χ4n) is 3.20. The van der Waals surface area contributed by atoms with Crippen molar-refractivity contribution in [2.24, 2.45) is 0 Å². The highest BCUT2D eigenvalue weighted by Crippen LogP contribution is 2.31. The molecule has 1 aromatic carbocycles. The van der Waals surface area contributed by atoms with Gasteiger partial charge in [0.15, 0.2) is 6.67 Å². The fourth-order valence-corrected chi connectivity index (χ4v) is 4.40. The minimum absolute atomic E-state index is 0.185. The number of amides is 3. The lowest BCUT2D eigenvalue weighted by Crippen LogP contribution is -3.09. The number of carbonyl (C=O) groups excluding carboxylic acids is 2. The van der Waals surface area contributed by atoms with Gasteiger partial charge in [0.1, 0.15) is 12.1 Å². The molecule has 1 saturated heterocycles. The Hall–Kier alpha value is -1.89. The van der Waals surface area contributed by atoms with E-state index in [9.17, 15) is 9.59 Å². The lowest BCUT2D eigenvalue weighted by Gasteiger charge is -2.26. The molecule has 1 aliphatic rings.